The molecule has 1 aliphatic rings. The van der Waals surface area contributed by atoms with Gasteiger partial charge in [-0.3, -0.25) is 4.72 Å². The van der Waals surface area contributed by atoms with Crippen molar-refractivity contribution in [1.29, 1.82) is 0 Å². The van der Waals surface area contributed by atoms with E-state index in [4.69, 9.17) is 23.2 Å². The van der Waals surface area contributed by atoms with Gasteiger partial charge in [0.25, 0.3) is 10.0 Å². The van der Waals surface area contributed by atoms with Gasteiger partial charge < -0.3 is 10.2 Å². The SMILES string of the molecule is Cc1ccc(-c2ccc(S(=O)(=O)Nc3cc(-c4ccc(Cl)c(Cl)c4)ccc3N3CCNCC3)cc2)cc1. The standard InChI is InChI=1S/C29H27Cl2N3O2S/c1-20-2-4-21(5-3-20)22-6-10-25(11-7-22)37(35,36)33-28-19-24(23-8-12-26(30)27(31)18-23)9-13-29(28)34-16-14-32-15-17-34/h2-13,18-19,32-33H,14-17H2,1H3. The molecule has 4 aromatic rings. The van der Waals surface area contributed by atoms with Crippen LogP contribution in [0.2, 0.25) is 10.0 Å². The fourth-order valence-electron chi connectivity index (χ4n) is 4.43. The fourth-order valence-corrected chi connectivity index (χ4v) is 5.79. The van der Waals surface area contributed by atoms with Crippen LogP contribution in [0.1, 0.15) is 5.56 Å². The third kappa shape index (κ3) is 5.78. The Morgan fingerprint density at radius 3 is 1.95 bits per heavy atom. The van der Waals surface area contributed by atoms with Crippen LogP contribution in [-0.4, -0.2) is 34.6 Å². The largest absolute Gasteiger partial charge is 0.367 e. The van der Waals surface area contributed by atoms with Crippen molar-refractivity contribution < 1.29 is 8.42 Å². The van der Waals surface area contributed by atoms with Crippen LogP contribution in [-0.2, 0) is 10.0 Å². The number of hydrogen-bond donors (Lipinski definition) is 2. The van der Waals surface area contributed by atoms with E-state index >= 15 is 0 Å². The number of piperazine rings is 1. The van der Waals surface area contributed by atoms with Gasteiger partial charge in [-0.05, 0) is 65.6 Å². The van der Waals surface area contributed by atoms with Crippen molar-refractivity contribution in [3.63, 3.8) is 0 Å². The second kappa shape index (κ2) is 10.8. The second-order valence-corrected chi connectivity index (χ2v) is 11.6. The van der Waals surface area contributed by atoms with Gasteiger partial charge in [0.1, 0.15) is 0 Å². The van der Waals surface area contributed by atoms with Crippen LogP contribution >= 0.6 is 23.2 Å². The molecule has 4 aromatic carbocycles. The molecule has 0 unspecified atom stereocenters. The van der Waals surface area contributed by atoms with Gasteiger partial charge in [-0.15, -0.1) is 0 Å². The summed E-state index contributed by atoms with van der Waals surface area (Å²) in [7, 11) is -3.83. The monoisotopic (exact) mass is 551 g/mol. The molecule has 0 aliphatic carbocycles. The Hall–Kier alpha value is -3.03. The molecule has 1 saturated heterocycles. The highest BCUT2D eigenvalue weighted by Gasteiger charge is 2.21. The smallest absolute Gasteiger partial charge is 0.261 e. The lowest BCUT2D eigenvalue weighted by atomic mass is 10.0. The van der Waals surface area contributed by atoms with E-state index < -0.39 is 10.0 Å². The number of aryl methyl sites for hydroxylation is 1. The number of sulfonamides is 1. The number of nitrogens with one attached hydrogen (secondary N) is 2. The van der Waals surface area contributed by atoms with Crippen molar-refractivity contribution in [3.8, 4) is 22.3 Å². The zero-order chi connectivity index (χ0) is 26.0. The molecule has 2 N–H and O–H groups in total. The highest BCUT2D eigenvalue weighted by molar-refractivity contribution is 7.92. The second-order valence-electron chi connectivity index (χ2n) is 9.09. The average Bonchev–Trinajstić information content (AvgIpc) is 2.91. The van der Waals surface area contributed by atoms with E-state index in [1.165, 1.54) is 5.56 Å². The fraction of sp³-hybridized carbons (Fsp3) is 0.172. The number of halogens is 2. The van der Waals surface area contributed by atoms with Gasteiger partial charge >= 0.3 is 0 Å². The van der Waals surface area contributed by atoms with Crippen molar-refractivity contribution in [3.05, 3.63) is 101 Å². The topological polar surface area (TPSA) is 61.4 Å². The van der Waals surface area contributed by atoms with Gasteiger partial charge in [0.15, 0.2) is 0 Å². The quantitative estimate of drug-likeness (QED) is 0.275. The van der Waals surface area contributed by atoms with Gasteiger partial charge in [0.2, 0.25) is 0 Å². The summed E-state index contributed by atoms with van der Waals surface area (Å²) in [5, 5.41) is 4.26. The van der Waals surface area contributed by atoms with Crippen LogP contribution < -0.4 is 14.9 Å². The van der Waals surface area contributed by atoms with E-state index in [9.17, 15) is 8.42 Å². The summed E-state index contributed by atoms with van der Waals surface area (Å²) in [6, 6.07) is 26.3. The lowest BCUT2D eigenvalue weighted by Crippen LogP contribution is -2.43. The molecule has 1 aliphatic heterocycles. The summed E-state index contributed by atoms with van der Waals surface area (Å²) in [6.45, 7) is 5.27. The highest BCUT2D eigenvalue weighted by Crippen LogP contribution is 2.35. The maximum Gasteiger partial charge on any atom is 0.261 e. The Labute approximate surface area is 228 Å². The zero-order valence-electron chi connectivity index (χ0n) is 20.3. The molecular weight excluding hydrogens is 525 g/mol. The number of nitrogens with zero attached hydrogens (tertiary/aromatic N) is 1. The number of rotatable bonds is 6. The predicted molar refractivity (Wildman–Crippen MR) is 154 cm³/mol. The molecule has 8 heteroatoms. The van der Waals surface area contributed by atoms with Gasteiger partial charge in [-0.1, -0.05) is 77.3 Å². The summed E-state index contributed by atoms with van der Waals surface area (Å²) >= 11 is 12.4. The predicted octanol–water partition coefficient (Wildman–Crippen LogP) is 6.85. The first-order valence-corrected chi connectivity index (χ1v) is 14.3. The molecule has 0 saturated carbocycles. The van der Waals surface area contributed by atoms with Crippen molar-refractivity contribution in [1.82, 2.24) is 5.32 Å². The summed E-state index contributed by atoms with van der Waals surface area (Å²) in [5.74, 6) is 0. The molecule has 1 fully saturated rings. The Morgan fingerprint density at radius 2 is 1.30 bits per heavy atom. The van der Waals surface area contributed by atoms with Crippen molar-refractivity contribution in [2.24, 2.45) is 0 Å². The van der Waals surface area contributed by atoms with E-state index in [0.29, 0.717) is 15.7 Å². The van der Waals surface area contributed by atoms with E-state index in [-0.39, 0.29) is 4.90 Å². The van der Waals surface area contributed by atoms with Crippen molar-refractivity contribution in [2.45, 2.75) is 11.8 Å². The molecule has 0 atom stereocenters. The Bertz CT molecular complexity index is 1520. The van der Waals surface area contributed by atoms with Crippen molar-refractivity contribution >= 4 is 44.6 Å². The molecule has 0 aromatic heterocycles. The van der Waals surface area contributed by atoms with E-state index in [1.54, 1.807) is 24.3 Å². The minimum atomic E-state index is -3.83. The van der Waals surface area contributed by atoms with Gasteiger partial charge in [0, 0.05) is 26.2 Å². The summed E-state index contributed by atoms with van der Waals surface area (Å²) in [5.41, 5.74) is 6.22. The molecule has 0 bridgehead atoms. The van der Waals surface area contributed by atoms with Crippen LogP contribution in [0.3, 0.4) is 0 Å². The summed E-state index contributed by atoms with van der Waals surface area (Å²) in [4.78, 5) is 2.39. The lowest BCUT2D eigenvalue weighted by molar-refractivity contribution is 0.589. The lowest BCUT2D eigenvalue weighted by Gasteiger charge is -2.31. The van der Waals surface area contributed by atoms with Crippen molar-refractivity contribution in [2.75, 3.05) is 35.8 Å². The van der Waals surface area contributed by atoms with Crippen LogP contribution in [0.5, 0.6) is 0 Å². The molecular formula is C29H27Cl2N3O2S. The maximum absolute atomic E-state index is 13.5. The zero-order valence-corrected chi connectivity index (χ0v) is 22.7. The summed E-state index contributed by atoms with van der Waals surface area (Å²) < 4.78 is 29.8. The molecule has 0 amide bonds. The van der Waals surface area contributed by atoms with Crippen LogP contribution in [0.4, 0.5) is 11.4 Å². The molecule has 37 heavy (non-hydrogen) atoms. The Balaban J connectivity index is 1.49. The molecule has 190 valence electrons. The van der Waals surface area contributed by atoms with Crippen LogP contribution in [0.25, 0.3) is 22.3 Å². The van der Waals surface area contributed by atoms with Gasteiger partial charge in [0.05, 0.1) is 26.3 Å². The van der Waals surface area contributed by atoms with E-state index in [1.807, 2.05) is 67.6 Å². The number of benzene rings is 4. The van der Waals surface area contributed by atoms with Crippen LogP contribution in [0, 0.1) is 6.92 Å². The first kappa shape index (κ1) is 25.6. The van der Waals surface area contributed by atoms with Gasteiger partial charge in [-0.25, -0.2) is 8.42 Å². The Kier molecular flexibility index (Phi) is 7.45. The summed E-state index contributed by atoms with van der Waals surface area (Å²) in [6.07, 6.45) is 0. The van der Waals surface area contributed by atoms with E-state index in [0.717, 1.165) is 54.1 Å². The minimum Gasteiger partial charge on any atom is -0.367 e. The molecule has 0 spiro atoms. The molecule has 5 rings (SSSR count). The molecule has 0 radical (unpaired) electrons. The Morgan fingerprint density at radius 1 is 0.730 bits per heavy atom. The first-order chi connectivity index (χ1) is 17.8. The maximum atomic E-state index is 13.5. The third-order valence-electron chi connectivity index (χ3n) is 6.50. The van der Waals surface area contributed by atoms with Crippen LogP contribution in [0.15, 0.2) is 89.8 Å². The number of hydrogen-bond acceptors (Lipinski definition) is 4. The molecule has 1 heterocycles. The van der Waals surface area contributed by atoms with Gasteiger partial charge in [-0.2, -0.15) is 0 Å². The minimum absolute atomic E-state index is 0.203. The van der Waals surface area contributed by atoms with E-state index in [2.05, 4.69) is 14.9 Å². The third-order valence-corrected chi connectivity index (χ3v) is 8.62. The normalized spacial score (nSPS) is 14.0. The number of anilines is 2. The highest BCUT2D eigenvalue weighted by atomic mass is 35.5. The average molecular weight is 553 g/mol. The molecule has 5 nitrogen and oxygen atoms in total. The first-order valence-electron chi connectivity index (χ1n) is 12.1.